The predicted molar refractivity (Wildman–Crippen MR) is 91.4 cm³/mol. The SMILES string of the molecule is CCOC(=O)c1c(C)oc2ncn(CC(=O)N[C@H](C)C(C)C)c(=O)c12. The van der Waals surface area contributed by atoms with Crippen molar-refractivity contribution >= 4 is 23.0 Å². The van der Waals surface area contributed by atoms with Crippen LogP contribution < -0.4 is 10.9 Å². The minimum atomic E-state index is -0.645. The molecule has 2 rings (SSSR count). The number of rotatable bonds is 6. The van der Waals surface area contributed by atoms with Crippen molar-refractivity contribution in [2.24, 2.45) is 5.92 Å². The molecule has 2 heterocycles. The van der Waals surface area contributed by atoms with Crippen LogP contribution in [-0.2, 0) is 16.1 Å². The van der Waals surface area contributed by atoms with Crippen molar-refractivity contribution in [1.82, 2.24) is 14.9 Å². The summed E-state index contributed by atoms with van der Waals surface area (Å²) in [5, 5.41) is 2.86. The minimum absolute atomic E-state index is 0.0221. The molecular formula is C17H23N3O5. The lowest BCUT2D eigenvalue weighted by molar-refractivity contribution is -0.122. The van der Waals surface area contributed by atoms with E-state index in [1.807, 2.05) is 20.8 Å². The summed E-state index contributed by atoms with van der Waals surface area (Å²) in [6.07, 6.45) is 1.24. The van der Waals surface area contributed by atoms with Crippen LogP contribution in [0.2, 0.25) is 0 Å². The third kappa shape index (κ3) is 3.89. The molecule has 0 unspecified atom stereocenters. The van der Waals surface area contributed by atoms with Gasteiger partial charge in [0.05, 0.1) is 6.61 Å². The lowest BCUT2D eigenvalue weighted by Gasteiger charge is -2.17. The van der Waals surface area contributed by atoms with Gasteiger partial charge in [-0.15, -0.1) is 0 Å². The van der Waals surface area contributed by atoms with E-state index in [-0.39, 0.29) is 53.4 Å². The maximum absolute atomic E-state index is 12.7. The van der Waals surface area contributed by atoms with Crippen LogP contribution in [-0.4, -0.2) is 34.1 Å². The van der Waals surface area contributed by atoms with Crippen LogP contribution in [0.5, 0.6) is 0 Å². The molecule has 0 spiro atoms. The fraction of sp³-hybridized carbons (Fsp3) is 0.529. The second kappa shape index (κ2) is 7.50. The van der Waals surface area contributed by atoms with Gasteiger partial charge in [-0.05, 0) is 26.7 Å². The number of furan rings is 1. The molecule has 25 heavy (non-hydrogen) atoms. The van der Waals surface area contributed by atoms with E-state index in [0.29, 0.717) is 0 Å². The summed E-state index contributed by atoms with van der Waals surface area (Å²) in [7, 11) is 0. The second-order valence-electron chi connectivity index (χ2n) is 6.21. The van der Waals surface area contributed by atoms with Gasteiger partial charge in [0.25, 0.3) is 5.56 Å². The molecule has 0 aliphatic heterocycles. The zero-order chi connectivity index (χ0) is 18.7. The van der Waals surface area contributed by atoms with E-state index in [2.05, 4.69) is 10.3 Å². The molecule has 2 aromatic rings. The van der Waals surface area contributed by atoms with E-state index in [4.69, 9.17) is 9.15 Å². The molecule has 0 aliphatic rings. The average Bonchev–Trinajstić information content (AvgIpc) is 2.87. The molecule has 8 nitrogen and oxygen atoms in total. The molecule has 1 atom stereocenters. The maximum atomic E-state index is 12.7. The molecule has 136 valence electrons. The van der Waals surface area contributed by atoms with E-state index in [0.717, 1.165) is 4.57 Å². The van der Waals surface area contributed by atoms with Crippen molar-refractivity contribution < 1.29 is 18.7 Å². The van der Waals surface area contributed by atoms with Gasteiger partial charge in [-0.25, -0.2) is 9.78 Å². The summed E-state index contributed by atoms with van der Waals surface area (Å²) in [5.41, 5.74) is -0.408. The third-order valence-electron chi connectivity index (χ3n) is 4.04. The Morgan fingerprint density at radius 2 is 2.04 bits per heavy atom. The first-order valence-corrected chi connectivity index (χ1v) is 8.21. The number of ether oxygens (including phenoxy) is 1. The Morgan fingerprint density at radius 3 is 2.64 bits per heavy atom. The highest BCUT2D eigenvalue weighted by Crippen LogP contribution is 2.21. The highest BCUT2D eigenvalue weighted by atomic mass is 16.5. The number of nitrogens with one attached hydrogen (secondary N) is 1. The van der Waals surface area contributed by atoms with Crippen LogP contribution in [0, 0.1) is 12.8 Å². The second-order valence-corrected chi connectivity index (χ2v) is 6.21. The Labute approximate surface area is 145 Å². The molecule has 0 fully saturated rings. The Morgan fingerprint density at radius 1 is 1.36 bits per heavy atom. The zero-order valence-electron chi connectivity index (χ0n) is 15.1. The fourth-order valence-corrected chi connectivity index (χ4v) is 2.32. The van der Waals surface area contributed by atoms with Gasteiger partial charge in [-0.3, -0.25) is 14.2 Å². The van der Waals surface area contributed by atoms with Gasteiger partial charge in [0, 0.05) is 6.04 Å². The number of nitrogens with zero attached hydrogens (tertiary/aromatic N) is 2. The predicted octanol–water partition coefficient (Wildman–Crippen LogP) is 1.64. The van der Waals surface area contributed by atoms with Crippen LogP contribution in [0.25, 0.3) is 11.1 Å². The topological polar surface area (TPSA) is 103 Å². The van der Waals surface area contributed by atoms with Gasteiger partial charge in [-0.1, -0.05) is 13.8 Å². The van der Waals surface area contributed by atoms with Crippen molar-refractivity contribution in [3.8, 4) is 0 Å². The van der Waals surface area contributed by atoms with Gasteiger partial charge in [0.2, 0.25) is 11.6 Å². The summed E-state index contributed by atoms with van der Waals surface area (Å²) in [6.45, 7) is 9.10. The first-order valence-electron chi connectivity index (χ1n) is 8.21. The van der Waals surface area contributed by atoms with Crippen LogP contribution >= 0.6 is 0 Å². The monoisotopic (exact) mass is 349 g/mol. The quantitative estimate of drug-likeness (QED) is 0.795. The molecule has 1 amide bonds. The molecule has 0 bridgehead atoms. The lowest BCUT2D eigenvalue weighted by Crippen LogP contribution is -2.39. The summed E-state index contributed by atoms with van der Waals surface area (Å²) in [6, 6.07) is -0.0221. The smallest absolute Gasteiger partial charge is 0.342 e. The number of esters is 1. The van der Waals surface area contributed by atoms with E-state index in [1.54, 1.807) is 13.8 Å². The van der Waals surface area contributed by atoms with Gasteiger partial charge in [0.15, 0.2) is 0 Å². The zero-order valence-corrected chi connectivity index (χ0v) is 15.1. The van der Waals surface area contributed by atoms with E-state index in [1.165, 1.54) is 6.33 Å². The Bertz CT molecular complexity index is 850. The highest BCUT2D eigenvalue weighted by molar-refractivity contribution is 6.03. The van der Waals surface area contributed by atoms with Crippen LogP contribution in [0.4, 0.5) is 0 Å². The van der Waals surface area contributed by atoms with Crippen molar-refractivity contribution in [2.45, 2.75) is 47.2 Å². The normalized spacial score (nSPS) is 12.4. The number of carbonyl (C=O) groups is 2. The number of amides is 1. The first kappa shape index (κ1) is 18.7. The number of fused-ring (bicyclic) bond motifs is 1. The molecule has 0 aliphatic carbocycles. The van der Waals surface area contributed by atoms with Crippen molar-refractivity contribution in [1.29, 1.82) is 0 Å². The molecule has 1 N–H and O–H groups in total. The number of hydrogen-bond donors (Lipinski definition) is 1. The molecule has 0 aromatic carbocycles. The molecule has 0 saturated carbocycles. The van der Waals surface area contributed by atoms with Gasteiger partial charge in [-0.2, -0.15) is 0 Å². The van der Waals surface area contributed by atoms with Crippen LogP contribution in [0.3, 0.4) is 0 Å². The number of carbonyl (C=O) groups excluding carboxylic acids is 2. The van der Waals surface area contributed by atoms with Gasteiger partial charge < -0.3 is 14.5 Å². The van der Waals surface area contributed by atoms with Crippen LogP contribution in [0.1, 0.15) is 43.8 Å². The van der Waals surface area contributed by atoms with Crippen LogP contribution in [0.15, 0.2) is 15.5 Å². The molecule has 2 aromatic heterocycles. The fourth-order valence-electron chi connectivity index (χ4n) is 2.32. The summed E-state index contributed by atoms with van der Waals surface area (Å²) < 4.78 is 11.5. The van der Waals surface area contributed by atoms with E-state index >= 15 is 0 Å². The van der Waals surface area contributed by atoms with E-state index in [9.17, 15) is 14.4 Å². The standard InChI is InChI=1S/C17H23N3O5/c1-6-24-17(23)13-11(5)25-15-14(13)16(22)20(8-18-15)7-12(21)19-10(4)9(2)3/h8-10H,6-7H2,1-5H3,(H,19,21)/t10-/m1/s1. The summed E-state index contributed by atoms with van der Waals surface area (Å²) in [5.74, 6) is -0.419. The average molecular weight is 349 g/mol. The summed E-state index contributed by atoms with van der Waals surface area (Å²) >= 11 is 0. The first-order chi connectivity index (χ1) is 11.8. The largest absolute Gasteiger partial charge is 0.462 e. The highest BCUT2D eigenvalue weighted by Gasteiger charge is 2.24. The molecule has 8 heteroatoms. The third-order valence-corrected chi connectivity index (χ3v) is 4.04. The van der Waals surface area contributed by atoms with Gasteiger partial charge in [0.1, 0.15) is 29.6 Å². The van der Waals surface area contributed by atoms with Crippen molar-refractivity contribution in [3.05, 3.63) is 28.0 Å². The van der Waals surface area contributed by atoms with Gasteiger partial charge >= 0.3 is 5.97 Å². The Kier molecular flexibility index (Phi) is 5.61. The maximum Gasteiger partial charge on any atom is 0.342 e. The van der Waals surface area contributed by atoms with Crippen molar-refractivity contribution in [3.63, 3.8) is 0 Å². The minimum Gasteiger partial charge on any atom is -0.462 e. The molecule has 0 radical (unpaired) electrons. The summed E-state index contributed by atoms with van der Waals surface area (Å²) in [4.78, 5) is 41.0. The van der Waals surface area contributed by atoms with E-state index < -0.39 is 11.5 Å². The number of aromatic nitrogens is 2. The van der Waals surface area contributed by atoms with Crippen molar-refractivity contribution in [2.75, 3.05) is 6.61 Å². The number of hydrogen-bond acceptors (Lipinski definition) is 6. The molecule has 0 saturated heterocycles. The Hall–Kier alpha value is -2.64. The number of aryl methyl sites for hydroxylation is 1. The lowest BCUT2D eigenvalue weighted by atomic mass is 10.1. The molecular weight excluding hydrogens is 326 g/mol. The Balaban J connectivity index is 2.39.